The van der Waals surface area contributed by atoms with Gasteiger partial charge in [0.15, 0.2) is 15.7 Å². The van der Waals surface area contributed by atoms with E-state index in [1.165, 1.54) is 6.07 Å². The Labute approximate surface area is 231 Å². The van der Waals surface area contributed by atoms with Gasteiger partial charge in [-0.3, -0.25) is 0 Å². The number of benzene rings is 2. The summed E-state index contributed by atoms with van der Waals surface area (Å²) < 4.78 is 45.8. The molecule has 2 aromatic carbocycles. The monoisotopic (exact) mass is 573 g/mol. The smallest absolute Gasteiger partial charge is 0.319 e. The number of nitrogens with zero attached hydrogens (tertiary/aromatic N) is 3. The van der Waals surface area contributed by atoms with Crippen LogP contribution >= 0.6 is 11.6 Å². The molecule has 0 spiro atoms. The summed E-state index contributed by atoms with van der Waals surface area (Å²) in [5.41, 5.74) is 1.64. The van der Waals surface area contributed by atoms with Gasteiger partial charge in [0.25, 0.3) is 0 Å². The summed E-state index contributed by atoms with van der Waals surface area (Å²) in [6.45, 7) is 5.99. The van der Waals surface area contributed by atoms with Crippen molar-refractivity contribution in [1.29, 1.82) is 0 Å². The van der Waals surface area contributed by atoms with Crippen molar-refractivity contribution in [1.82, 2.24) is 15.3 Å². The van der Waals surface area contributed by atoms with Gasteiger partial charge in [0.1, 0.15) is 16.4 Å². The Morgan fingerprint density at radius 2 is 1.92 bits per heavy atom. The Bertz CT molecular complexity index is 1500. The Morgan fingerprint density at radius 1 is 1.18 bits per heavy atom. The topological polar surface area (TPSA) is 114 Å². The van der Waals surface area contributed by atoms with Crippen molar-refractivity contribution < 1.29 is 22.3 Å². The second-order valence-corrected chi connectivity index (χ2v) is 12.4. The molecule has 2 amide bonds. The average molecular weight is 574 g/mol. The van der Waals surface area contributed by atoms with Gasteiger partial charge in [-0.25, -0.2) is 27.6 Å². The Morgan fingerprint density at radius 3 is 2.56 bits per heavy atom. The van der Waals surface area contributed by atoms with Gasteiger partial charge in [0, 0.05) is 30.4 Å². The van der Waals surface area contributed by atoms with E-state index < -0.39 is 20.4 Å². The number of carbonyl (C=O) groups excluding carboxylic acids is 1. The molecule has 1 saturated carbocycles. The summed E-state index contributed by atoms with van der Waals surface area (Å²) in [6.07, 6.45) is 0.739. The van der Waals surface area contributed by atoms with Crippen molar-refractivity contribution in [2.45, 2.75) is 42.4 Å². The lowest BCUT2D eigenvalue weighted by molar-refractivity contribution is 0.0985. The van der Waals surface area contributed by atoms with Gasteiger partial charge in [0.05, 0.1) is 34.9 Å². The van der Waals surface area contributed by atoms with Crippen LogP contribution in [0.25, 0.3) is 11.4 Å². The lowest BCUT2D eigenvalue weighted by Crippen LogP contribution is -2.44. The highest BCUT2D eigenvalue weighted by Gasteiger charge is 2.58. The van der Waals surface area contributed by atoms with E-state index in [0.29, 0.717) is 67.7 Å². The molecule has 2 fully saturated rings. The van der Waals surface area contributed by atoms with Crippen LogP contribution in [0, 0.1) is 5.82 Å². The zero-order valence-electron chi connectivity index (χ0n) is 21.6. The van der Waals surface area contributed by atoms with E-state index in [1.54, 1.807) is 30.3 Å². The van der Waals surface area contributed by atoms with Crippen LogP contribution < -0.4 is 15.5 Å². The Hall–Kier alpha value is -3.28. The van der Waals surface area contributed by atoms with E-state index in [9.17, 15) is 17.6 Å². The lowest BCUT2D eigenvalue weighted by Gasteiger charge is -2.34. The fraction of sp³-hybridized carbons (Fsp3) is 0.370. The summed E-state index contributed by atoms with van der Waals surface area (Å²) in [4.78, 5) is 23.5. The molecule has 2 heterocycles. The molecule has 1 aromatic heterocycles. The first-order valence-electron chi connectivity index (χ1n) is 12.7. The number of nitrogens with one attached hydrogen (secondary N) is 2. The van der Waals surface area contributed by atoms with Crippen LogP contribution in [0.1, 0.15) is 32.4 Å². The molecule has 1 saturated heterocycles. The van der Waals surface area contributed by atoms with Crippen molar-refractivity contribution in [3.05, 3.63) is 65.1 Å². The molecule has 0 bridgehead atoms. The van der Waals surface area contributed by atoms with Crippen molar-refractivity contribution in [3.63, 3.8) is 0 Å². The first-order chi connectivity index (χ1) is 18.6. The number of hydrogen-bond acceptors (Lipinski definition) is 7. The van der Waals surface area contributed by atoms with Crippen LogP contribution in [0.2, 0.25) is 5.02 Å². The third-order valence-corrected chi connectivity index (χ3v) is 9.81. The van der Waals surface area contributed by atoms with Crippen molar-refractivity contribution >= 4 is 39.0 Å². The largest absolute Gasteiger partial charge is 0.377 e. The SMILES string of the molecule is CCNC(=O)Nc1ccc(-c2nc(N3CCOC[C@@H]3C)cc(C3(S(=O)(=O)c4ccc(F)c(Cl)c4)CC3)n2)cc1. The van der Waals surface area contributed by atoms with Crippen LogP contribution in [0.4, 0.5) is 20.7 Å². The Kier molecular flexibility index (Phi) is 7.49. The number of carbonyl (C=O) groups is 1. The van der Waals surface area contributed by atoms with E-state index in [2.05, 4.69) is 15.5 Å². The molecular weight excluding hydrogens is 545 g/mol. The highest BCUT2D eigenvalue weighted by atomic mass is 35.5. The molecule has 206 valence electrons. The molecule has 12 heteroatoms. The fourth-order valence-corrected chi connectivity index (χ4v) is 6.93. The molecule has 3 aromatic rings. The fourth-order valence-electron chi connectivity index (χ4n) is 4.70. The van der Waals surface area contributed by atoms with Crippen LogP contribution in [-0.4, -0.2) is 56.8 Å². The molecule has 1 aliphatic heterocycles. The van der Waals surface area contributed by atoms with Crippen molar-refractivity contribution in [2.75, 3.05) is 36.5 Å². The highest BCUT2D eigenvalue weighted by molar-refractivity contribution is 7.92. The van der Waals surface area contributed by atoms with E-state index in [1.807, 2.05) is 13.8 Å². The average Bonchev–Trinajstić information content (AvgIpc) is 3.74. The molecule has 39 heavy (non-hydrogen) atoms. The minimum Gasteiger partial charge on any atom is -0.377 e. The molecule has 5 rings (SSSR count). The molecule has 2 aliphatic rings. The maximum absolute atomic E-state index is 13.9. The van der Waals surface area contributed by atoms with Gasteiger partial charge in [-0.05, 0) is 69.2 Å². The molecule has 0 unspecified atom stereocenters. The first-order valence-corrected chi connectivity index (χ1v) is 14.6. The minimum absolute atomic E-state index is 0.0284. The second-order valence-electron chi connectivity index (χ2n) is 9.69. The van der Waals surface area contributed by atoms with E-state index >= 15 is 0 Å². The predicted octanol–water partition coefficient (Wildman–Crippen LogP) is 4.77. The van der Waals surface area contributed by atoms with Crippen LogP contribution in [0.5, 0.6) is 0 Å². The highest BCUT2D eigenvalue weighted by Crippen LogP contribution is 2.55. The number of sulfone groups is 1. The lowest BCUT2D eigenvalue weighted by atomic mass is 10.1. The number of anilines is 2. The number of halogens is 2. The third kappa shape index (κ3) is 5.30. The number of hydrogen-bond donors (Lipinski definition) is 2. The molecule has 1 atom stereocenters. The van der Waals surface area contributed by atoms with Crippen molar-refractivity contribution in [3.8, 4) is 11.4 Å². The maximum atomic E-state index is 13.9. The van der Waals surface area contributed by atoms with Crippen LogP contribution in [0.15, 0.2) is 53.4 Å². The molecule has 1 aliphatic carbocycles. The zero-order valence-corrected chi connectivity index (χ0v) is 23.2. The third-order valence-electron chi connectivity index (χ3n) is 7.00. The normalized spacial score (nSPS) is 18.5. The molecule has 9 nitrogen and oxygen atoms in total. The van der Waals surface area contributed by atoms with Crippen molar-refractivity contribution in [2.24, 2.45) is 0 Å². The standard InChI is InChI=1S/C27H29ClFN5O4S/c1-3-30-26(35)31-19-6-4-18(5-7-19)25-32-23(15-24(33-25)34-12-13-38-16-17(34)2)27(10-11-27)39(36,37)20-8-9-22(29)21(28)14-20/h4-9,14-15,17H,3,10-13,16H2,1-2H3,(H2,30,31,35)/t17-/m0/s1. The quantitative estimate of drug-likeness (QED) is 0.392. The number of aromatic nitrogens is 2. The van der Waals surface area contributed by atoms with Gasteiger partial charge in [0.2, 0.25) is 0 Å². The number of rotatable bonds is 7. The van der Waals surface area contributed by atoms with Crippen LogP contribution in [-0.2, 0) is 19.3 Å². The molecule has 0 radical (unpaired) electrons. The van der Waals surface area contributed by atoms with E-state index in [0.717, 1.165) is 12.1 Å². The molecule has 2 N–H and O–H groups in total. The first kappa shape index (κ1) is 27.3. The number of ether oxygens (including phenoxy) is 1. The summed E-state index contributed by atoms with van der Waals surface area (Å²) in [6, 6.07) is 11.9. The van der Waals surface area contributed by atoms with Gasteiger partial charge >= 0.3 is 6.03 Å². The summed E-state index contributed by atoms with van der Waals surface area (Å²) in [5.74, 6) is 0.289. The number of amides is 2. The zero-order chi connectivity index (χ0) is 27.8. The Balaban J connectivity index is 1.57. The summed E-state index contributed by atoms with van der Waals surface area (Å²) in [7, 11) is -3.94. The van der Waals surface area contributed by atoms with Gasteiger partial charge in [-0.2, -0.15) is 0 Å². The summed E-state index contributed by atoms with van der Waals surface area (Å²) in [5, 5.41) is 5.18. The van der Waals surface area contributed by atoms with Gasteiger partial charge in [-0.1, -0.05) is 11.6 Å². The van der Waals surface area contributed by atoms with Gasteiger partial charge < -0.3 is 20.3 Å². The number of morpholine rings is 1. The van der Waals surface area contributed by atoms with Gasteiger partial charge in [-0.15, -0.1) is 0 Å². The van der Waals surface area contributed by atoms with E-state index in [4.69, 9.17) is 26.3 Å². The number of urea groups is 1. The second kappa shape index (κ2) is 10.7. The predicted molar refractivity (Wildman–Crippen MR) is 147 cm³/mol. The van der Waals surface area contributed by atoms with E-state index in [-0.39, 0.29) is 22.0 Å². The summed E-state index contributed by atoms with van der Waals surface area (Å²) >= 11 is 5.93. The molecular formula is C27H29ClFN5O4S. The van der Waals surface area contributed by atoms with Crippen LogP contribution in [0.3, 0.4) is 0 Å². The minimum atomic E-state index is -3.94. The maximum Gasteiger partial charge on any atom is 0.319 e.